The Kier molecular flexibility index (Phi) is 5.91. The molecule has 5 heteroatoms. The van der Waals surface area contributed by atoms with Gasteiger partial charge in [-0.15, -0.1) is 0 Å². The molecule has 0 aromatic carbocycles. The summed E-state index contributed by atoms with van der Waals surface area (Å²) in [6.07, 6.45) is 4.30. The van der Waals surface area contributed by atoms with Crippen LogP contribution in [0.2, 0.25) is 0 Å². The molecule has 1 saturated heterocycles. The van der Waals surface area contributed by atoms with Crippen molar-refractivity contribution < 1.29 is 9.53 Å². The van der Waals surface area contributed by atoms with Crippen molar-refractivity contribution in [2.45, 2.75) is 33.3 Å². The third kappa shape index (κ3) is 5.73. The first-order valence-electron chi connectivity index (χ1n) is 7.96. The number of nitrogens with zero attached hydrogens (tertiary/aromatic N) is 2. The van der Waals surface area contributed by atoms with Gasteiger partial charge in [0, 0.05) is 44.1 Å². The SMILES string of the molecule is CC(C)(C)CN1CCO[C@H](CCNC(=O)c2ccncc2)C1. The van der Waals surface area contributed by atoms with Crippen LogP contribution in [-0.4, -0.2) is 54.7 Å². The summed E-state index contributed by atoms with van der Waals surface area (Å²) in [5.74, 6) is -0.0512. The molecule has 0 saturated carbocycles. The van der Waals surface area contributed by atoms with E-state index in [1.54, 1.807) is 24.5 Å². The first-order valence-corrected chi connectivity index (χ1v) is 7.96. The maximum absolute atomic E-state index is 11.9. The van der Waals surface area contributed by atoms with Crippen LogP contribution in [0, 0.1) is 5.41 Å². The molecule has 22 heavy (non-hydrogen) atoms. The number of amides is 1. The van der Waals surface area contributed by atoms with E-state index in [9.17, 15) is 4.79 Å². The van der Waals surface area contributed by atoms with Gasteiger partial charge in [0.05, 0.1) is 12.7 Å². The molecule has 0 spiro atoms. The zero-order valence-corrected chi connectivity index (χ0v) is 13.8. The maximum Gasteiger partial charge on any atom is 0.251 e. The van der Waals surface area contributed by atoms with E-state index in [0.717, 1.165) is 32.7 Å². The Morgan fingerprint density at radius 1 is 1.41 bits per heavy atom. The number of carbonyl (C=O) groups excluding carboxylic acids is 1. The number of nitrogens with one attached hydrogen (secondary N) is 1. The van der Waals surface area contributed by atoms with Crippen molar-refractivity contribution in [2.24, 2.45) is 5.41 Å². The highest BCUT2D eigenvalue weighted by Gasteiger charge is 2.24. The molecular weight excluding hydrogens is 278 g/mol. The summed E-state index contributed by atoms with van der Waals surface area (Å²) in [6, 6.07) is 3.44. The zero-order valence-electron chi connectivity index (χ0n) is 13.8. The van der Waals surface area contributed by atoms with Crippen molar-refractivity contribution in [3.05, 3.63) is 30.1 Å². The second-order valence-electron chi connectivity index (χ2n) is 7.07. The van der Waals surface area contributed by atoms with E-state index in [2.05, 4.69) is 36.0 Å². The number of morpholine rings is 1. The fraction of sp³-hybridized carbons (Fsp3) is 0.647. The maximum atomic E-state index is 11.9. The van der Waals surface area contributed by atoms with Crippen molar-refractivity contribution in [1.29, 1.82) is 0 Å². The lowest BCUT2D eigenvalue weighted by Gasteiger charge is -2.36. The number of rotatable bonds is 5. The highest BCUT2D eigenvalue weighted by Crippen LogP contribution is 2.18. The van der Waals surface area contributed by atoms with Gasteiger partial charge in [0.25, 0.3) is 5.91 Å². The van der Waals surface area contributed by atoms with Gasteiger partial charge in [-0.05, 0) is 24.0 Å². The molecule has 122 valence electrons. The molecule has 1 N–H and O–H groups in total. The third-order valence-electron chi connectivity index (χ3n) is 3.62. The molecule has 1 amide bonds. The monoisotopic (exact) mass is 305 g/mol. The van der Waals surface area contributed by atoms with E-state index in [1.807, 2.05) is 0 Å². The predicted molar refractivity (Wildman–Crippen MR) is 86.8 cm³/mol. The molecule has 0 bridgehead atoms. The standard InChI is InChI=1S/C17H27N3O2/c1-17(2,3)13-20-10-11-22-15(12-20)6-9-19-16(21)14-4-7-18-8-5-14/h4-5,7-8,15H,6,9-13H2,1-3H3,(H,19,21)/t15-/m1/s1. The van der Waals surface area contributed by atoms with E-state index < -0.39 is 0 Å². The van der Waals surface area contributed by atoms with Gasteiger partial charge in [-0.25, -0.2) is 0 Å². The van der Waals surface area contributed by atoms with Crippen LogP contribution in [0.15, 0.2) is 24.5 Å². The highest BCUT2D eigenvalue weighted by atomic mass is 16.5. The van der Waals surface area contributed by atoms with Crippen LogP contribution in [0.4, 0.5) is 0 Å². The van der Waals surface area contributed by atoms with Gasteiger partial charge in [-0.1, -0.05) is 20.8 Å². The van der Waals surface area contributed by atoms with Crippen LogP contribution in [0.1, 0.15) is 37.6 Å². The normalized spacial score (nSPS) is 19.9. The molecule has 1 fully saturated rings. The van der Waals surface area contributed by atoms with Crippen LogP contribution in [0.25, 0.3) is 0 Å². The number of aromatic nitrogens is 1. The summed E-state index contributed by atoms with van der Waals surface area (Å²) >= 11 is 0. The molecule has 1 aliphatic heterocycles. The molecular formula is C17H27N3O2. The van der Waals surface area contributed by atoms with Gasteiger partial charge < -0.3 is 10.1 Å². The molecule has 0 radical (unpaired) electrons. The van der Waals surface area contributed by atoms with Gasteiger partial charge in [0.1, 0.15) is 0 Å². The number of hydrogen-bond acceptors (Lipinski definition) is 4. The quantitative estimate of drug-likeness (QED) is 0.903. The van der Waals surface area contributed by atoms with Crippen molar-refractivity contribution in [3.8, 4) is 0 Å². The van der Waals surface area contributed by atoms with Crippen LogP contribution < -0.4 is 5.32 Å². The van der Waals surface area contributed by atoms with Crippen LogP contribution in [0.5, 0.6) is 0 Å². The van der Waals surface area contributed by atoms with Crippen molar-refractivity contribution >= 4 is 5.91 Å². The van der Waals surface area contributed by atoms with Crippen LogP contribution in [-0.2, 0) is 4.74 Å². The van der Waals surface area contributed by atoms with E-state index >= 15 is 0 Å². The molecule has 5 nitrogen and oxygen atoms in total. The highest BCUT2D eigenvalue weighted by molar-refractivity contribution is 5.93. The van der Waals surface area contributed by atoms with E-state index in [4.69, 9.17) is 4.74 Å². The molecule has 0 unspecified atom stereocenters. The first-order chi connectivity index (χ1) is 10.4. The Morgan fingerprint density at radius 3 is 2.82 bits per heavy atom. The second-order valence-corrected chi connectivity index (χ2v) is 7.07. The van der Waals surface area contributed by atoms with Gasteiger partial charge in [-0.3, -0.25) is 14.7 Å². The first kappa shape index (κ1) is 16.9. The molecule has 1 aliphatic rings. The van der Waals surface area contributed by atoms with Gasteiger partial charge in [-0.2, -0.15) is 0 Å². The summed E-state index contributed by atoms with van der Waals surface area (Å²) in [5.41, 5.74) is 0.950. The smallest absolute Gasteiger partial charge is 0.251 e. The molecule has 0 aliphatic carbocycles. The lowest BCUT2D eigenvalue weighted by molar-refractivity contribution is -0.0398. The average Bonchev–Trinajstić information content (AvgIpc) is 2.47. The van der Waals surface area contributed by atoms with Crippen molar-refractivity contribution in [3.63, 3.8) is 0 Å². The minimum atomic E-state index is -0.0512. The minimum Gasteiger partial charge on any atom is -0.375 e. The molecule has 1 aromatic heterocycles. The van der Waals surface area contributed by atoms with Gasteiger partial charge in [0.15, 0.2) is 0 Å². The lowest BCUT2D eigenvalue weighted by Crippen LogP contribution is -2.46. The molecule has 2 heterocycles. The fourth-order valence-corrected chi connectivity index (χ4v) is 2.72. The Bertz CT molecular complexity index is 471. The Hall–Kier alpha value is -1.46. The lowest BCUT2D eigenvalue weighted by atomic mass is 9.95. The fourth-order valence-electron chi connectivity index (χ4n) is 2.72. The summed E-state index contributed by atoms with van der Waals surface area (Å²) in [4.78, 5) is 18.3. The largest absolute Gasteiger partial charge is 0.375 e. The van der Waals surface area contributed by atoms with Crippen LogP contribution in [0.3, 0.4) is 0 Å². The predicted octanol–water partition coefficient (Wildman–Crippen LogP) is 1.95. The summed E-state index contributed by atoms with van der Waals surface area (Å²) in [5, 5.41) is 2.94. The summed E-state index contributed by atoms with van der Waals surface area (Å²) in [6.45, 7) is 11.2. The summed E-state index contributed by atoms with van der Waals surface area (Å²) in [7, 11) is 0. The second kappa shape index (κ2) is 7.70. The Balaban J connectivity index is 1.71. The molecule has 2 rings (SSSR count). The van der Waals surface area contributed by atoms with E-state index in [1.165, 1.54) is 0 Å². The van der Waals surface area contributed by atoms with Gasteiger partial charge in [0.2, 0.25) is 0 Å². The minimum absolute atomic E-state index is 0.0512. The Morgan fingerprint density at radius 2 is 2.14 bits per heavy atom. The summed E-state index contributed by atoms with van der Waals surface area (Å²) < 4.78 is 5.81. The average molecular weight is 305 g/mol. The van der Waals surface area contributed by atoms with E-state index in [0.29, 0.717) is 17.5 Å². The van der Waals surface area contributed by atoms with Crippen molar-refractivity contribution in [2.75, 3.05) is 32.8 Å². The van der Waals surface area contributed by atoms with Crippen LogP contribution >= 0.6 is 0 Å². The number of ether oxygens (including phenoxy) is 1. The van der Waals surface area contributed by atoms with Crippen molar-refractivity contribution in [1.82, 2.24) is 15.2 Å². The number of pyridine rings is 1. The van der Waals surface area contributed by atoms with E-state index in [-0.39, 0.29) is 12.0 Å². The zero-order chi connectivity index (χ0) is 16.0. The van der Waals surface area contributed by atoms with Gasteiger partial charge >= 0.3 is 0 Å². The molecule has 1 atom stereocenters. The third-order valence-corrected chi connectivity index (χ3v) is 3.62. The number of hydrogen-bond donors (Lipinski definition) is 1. The number of carbonyl (C=O) groups is 1. The molecule has 1 aromatic rings. The Labute approximate surface area is 133 Å². The topological polar surface area (TPSA) is 54.5 Å².